The van der Waals surface area contributed by atoms with Crippen molar-refractivity contribution >= 4 is 22.8 Å². The van der Waals surface area contributed by atoms with Crippen LogP contribution in [0.1, 0.15) is 65.7 Å². The van der Waals surface area contributed by atoms with Gasteiger partial charge in [-0.2, -0.15) is 10.2 Å². The summed E-state index contributed by atoms with van der Waals surface area (Å²) in [7, 11) is 0. The van der Waals surface area contributed by atoms with Gasteiger partial charge in [0.05, 0.1) is 23.5 Å². The second-order valence-corrected chi connectivity index (χ2v) is 6.36. The Morgan fingerprint density at radius 1 is 0.840 bits per heavy atom. The van der Waals surface area contributed by atoms with E-state index in [0.717, 1.165) is 25.9 Å². The summed E-state index contributed by atoms with van der Waals surface area (Å²) in [6.45, 7) is 1.79. The Kier molecular flexibility index (Phi) is 8.18. The summed E-state index contributed by atoms with van der Waals surface area (Å²) >= 11 is 5.05. The smallest absolute Gasteiger partial charge is 0.257 e. The highest BCUT2D eigenvalue weighted by Gasteiger charge is 2.19. The van der Waals surface area contributed by atoms with Crippen molar-refractivity contribution in [2.45, 2.75) is 44.9 Å². The Morgan fingerprint density at radius 3 is 1.68 bits per heavy atom. The van der Waals surface area contributed by atoms with E-state index in [1.165, 1.54) is 44.5 Å². The van der Waals surface area contributed by atoms with E-state index in [9.17, 15) is 9.59 Å². The van der Waals surface area contributed by atoms with Crippen molar-refractivity contribution in [1.82, 2.24) is 25.3 Å². The maximum absolute atomic E-state index is 11.6. The Morgan fingerprint density at radius 2 is 1.32 bits per heavy atom. The topological polar surface area (TPSA) is 94.7 Å². The van der Waals surface area contributed by atoms with Crippen LogP contribution in [0.5, 0.6) is 0 Å². The predicted molar refractivity (Wildman–Crippen MR) is 95.6 cm³/mol. The monoisotopic (exact) mass is 365 g/mol. The largest absolute Gasteiger partial charge is 0.339 e. The molecule has 25 heavy (non-hydrogen) atoms. The van der Waals surface area contributed by atoms with Crippen LogP contribution in [0.2, 0.25) is 0 Å². The minimum Gasteiger partial charge on any atom is -0.339 e. The summed E-state index contributed by atoms with van der Waals surface area (Å²) in [6, 6.07) is 0. The van der Waals surface area contributed by atoms with E-state index >= 15 is 0 Å². The van der Waals surface area contributed by atoms with Gasteiger partial charge in [-0.3, -0.25) is 19.8 Å². The molecule has 7 nitrogen and oxygen atoms in total. The van der Waals surface area contributed by atoms with Crippen molar-refractivity contribution in [2.75, 3.05) is 13.1 Å². The fraction of sp³-hybridized carbons (Fsp3) is 0.529. The van der Waals surface area contributed by atoms with Crippen LogP contribution >= 0.6 is 11.6 Å². The molecule has 0 radical (unpaired) electrons. The van der Waals surface area contributed by atoms with Crippen LogP contribution in [0, 0.1) is 0 Å². The molecule has 1 amide bonds. The highest BCUT2D eigenvalue weighted by molar-refractivity contribution is 6.67. The first-order valence-electron chi connectivity index (χ1n) is 8.65. The molecule has 2 N–H and O–H groups in total. The molecule has 2 aromatic heterocycles. The van der Waals surface area contributed by atoms with Crippen LogP contribution < -0.4 is 0 Å². The second kappa shape index (κ2) is 10.7. The Balaban J connectivity index is 0.000000149. The third-order valence-electron chi connectivity index (χ3n) is 4.11. The molecule has 0 bridgehead atoms. The summed E-state index contributed by atoms with van der Waals surface area (Å²) in [5, 5.41) is 11.9. The lowest BCUT2D eigenvalue weighted by Crippen LogP contribution is -2.27. The zero-order chi connectivity index (χ0) is 17.9. The number of carbonyl (C=O) groups excluding carboxylic acids is 2. The van der Waals surface area contributed by atoms with Crippen molar-refractivity contribution in [3.05, 3.63) is 35.9 Å². The first kappa shape index (κ1) is 19.2. The van der Waals surface area contributed by atoms with Gasteiger partial charge in [0.2, 0.25) is 0 Å². The molecule has 1 saturated carbocycles. The van der Waals surface area contributed by atoms with Gasteiger partial charge in [0, 0.05) is 25.5 Å². The fourth-order valence-electron chi connectivity index (χ4n) is 2.71. The SMILES string of the molecule is C1CCCC1.O=C(Cl)c1cn[nH]c1.O=C(c1cn[nH]c1)N1CCCC1. The molecular weight excluding hydrogens is 342 g/mol. The highest BCUT2D eigenvalue weighted by atomic mass is 35.5. The standard InChI is InChI=1S/C8H11N3O.C5H10.C4H3ClN2O/c12-8(7-5-9-10-6-7)11-3-1-2-4-11;1-2-4-5-3-1;5-4(8)3-1-6-7-2-3/h5-6H,1-4H2,(H,9,10);1-5H2;1-2H,(H,6,7). The third kappa shape index (κ3) is 6.70. The van der Waals surface area contributed by atoms with E-state index < -0.39 is 5.24 Å². The average molecular weight is 366 g/mol. The average Bonchev–Trinajstić information content (AvgIpc) is 3.46. The van der Waals surface area contributed by atoms with Crippen molar-refractivity contribution < 1.29 is 9.59 Å². The van der Waals surface area contributed by atoms with Crippen molar-refractivity contribution in [2.24, 2.45) is 0 Å². The maximum Gasteiger partial charge on any atom is 0.257 e. The quantitative estimate of drug-likeness (QED) is 0.797. The van der Waals surface area contributed by atoms with Gasteiger partial charge in [-0.25, -0.2) is 0 Å². The van der Waals surface area contributed by atoms with E-state index in [1.807, 2.05) is 4.90 Å². The van der Waals surface area contributed by atoms with Crippen molar-refractivity contribution in [3.63, 3.8) is 0 Å². The lowest BCUT2D eigenvalue weighted by Gasteiger charge is -2.12. The summed E-state index contributed by atoms with van der Waals surface area (Å²) in [6.07, 6.45) is 15.8. The highest BCUT2D eigenvalue weighted by Crippen LogP contribution is 2.15. The maximum atomic E-state index is 11.6. The number of likely N-dealkylation sites (tertiary alicyclic amines) is 1. The molecule has 2 aliphatic rings. The number of H-pyrrole nitrogens is 2. The van der Waals surface area contributed by atoms with E-state index in [1.54, 1.807) is 12.4 Å². The number of hydrogen-bond acceptors (Lipinski definition) is 4. The third-order valence-corrected chi connectivity index (χ3v) is 4.33. The van der Waals surface area contributed by atoms with Crippen LogP contribution in [-0.4, -0.2) is 49.5 Å². The van der Waals surface area contributed by atoms with Gasteiger partial charge in [-0.1, -0.05) is 32.1 Å². The summed E-state index contributed by atoms with van der Waals surface area (Å²) < 4.78 is 0. The molecule has 0 aromatic carbocycles. The molecule has 8 heteroatoms. The molecule has 4 rings (SSSR count). The zero-order valence-corrected chi connectivity index (χ0v) is 15.0. The fourth-order valence-corrected chi connectivity index (χ4v) is 2.82. The molecular formula is C17H24ClN5O2. The van der Waals surface area contributed by atoms with Gasteiger partial charge in [-0.05, 0) is 24.4 Å². The van der Waals surface area contributed by atoms with Gasteiger partial charge in [0.15, 0.2) is 0 Å². The minimum atomic E-state index is -0.487. The zero-order valence-electron chi connectivity index (χ0n) is 14.2. The number of nitrogens with one attached hydrogen (secondary N) is 2. The van der Waals surface area contributed by atoms with Gasteiger partial charge < -0.3 is 4.90 Å². The molecule has 3 heterocycles. The first-order valence-corrected chi connectivity index (χ1v) is 9.03. The van der Waals surface area contributed by atoms with E-state index in [2.05, 4.69) is 20.4 Å². The normalized spacial score (nSPS) is 15.8. The number of nitrogens with zero attached hydrogens (tertiary/aromatic N) is 3. The van der Waals surface area contributed by atoms with Crippen LogP contribution in [-0.2, 0) is 0 Å². The summed E-state index contributed by atoms with van der Waals surface area (Å²) in [5.41, 5.74) is 1.06. The number of amides is 1. The van der Waals surface area contributed by atoms with Gasteiger partial charge >= 0.3 is 0 Å². The van der Waals surface area contributed by atoms with Crippen LogP contribution in [0.15, 0.2) is 24.8 Å². The van der Waals surface area contributed by atoms with Crippen molar-refractivity contribution in [3.8, 4) is 0 Å². The van der Waals surface area contributed by atoms with Crippen molar-refractivity contribution in [1.29, 1.82) is 0 Å². The molecule has 1 saturated heterocycles. The number of hydrogen-bond donors (Lipinski definition) is 2. The molecule has 1 aliphatic heterocycles. The number of rotatable bonds is 2. The second-order valence-electron chi connectivity index (χ2n) is 6.01. The Labute approximate surface area is 152 Å². The van der Waals surface area contributed by atoms with Crippen LogP contribution in [0.3, 0.4) is 0 Å². The molecule has 136 valence electrons. The molecule has 0 atom stereocenters. The van der Waals surface area contributed by atoms with Crippen LogP contribution in [0.4, 0.5) is 0 Å². The molecule has 1 aliphatic carbocycles. The number of halogens is 1. The van der Waals surface area contributed by atoms with E-state index in [4.69, 9.17) is 11.6 Å². The van der Waals surface area contributed by atoms with Crippen LogP contribution in [0.25, 0.3) is 0 Å². The Hall–Kier alpha value is -2.15. The summed E-state index contributed by atoms with van der Waals surface area (Å²) in [4.78, 5) is 23.7. The number of aromatic nitrogens is 4. The van der Waals surface area contributed by atoms with Gasteiger partial charge in [-0.15, -0.1) is 0 Å². The molecule has 0 unspecified atom stereocenters. The van der Waals surface area contributed by atoms with Gasteiger partial charge in [0.25, 0.3) is 11.1 Å². The molecule has 0 spiro atoms. The number of carbonyl (C=O) groups is 2. The van der Waals surface area contributed by atoms with Gasteiger partial charge in [0.1, 0.15) is 0 Å². The lowest BCUT2D eigenvalue weighted by molar-refractivity contribution is 0.0792. The van der Waals surface area contributed by atoms with E-state index in [0.29, 0.717) is 11.1 Å². The lowest BCUT2D eigenvalue weighted by atomic mass is 10.3. The number of aromatic amines is 2. The predicted octanol–water partition coefficient (Wildman–Crippen LogP) is 3.38. The minimum absolute atomic E-state index is 0.0984. The molecule has 2 aromatic rings. The summed E-state index contributed by atoms with van der Waals surface area (Å²) in [5.74, 6) is 0.0984. The van der Waals surface area contributed by atoms with E-state index in [-0.39, 0.29) is 5.91 Å². The molecule has 2 fully saturated rings. The Bertz CT molecular complexity index is 610. The first-order chi connectivity index (χ1) is 12.2.